The predicted octanol–water partition coefficient (Wildman–Crippen LogP) is 2.11. The Morgan fingerprint density at radius 2 is 2.05 bits per heavy atom. The summed E-state index contributed by atoms with van der Waals surface area (Å²) in [4.78, 5) is 0. The minimum absolute atomic E-state index is 0.102. The Morgan fingerprint density at radius 1 is 1.30 bits per heavy atom. The fourth-order valence-corrected chi connectivity index (χ4v) is 2.98. The van der Waals surface area contributed by atoms with E-state index in [4.69, 9.17) is 5.73 Å². The molecule has 0 amide bonds. The van der Waals surface area contributed by atoms with Crippen LogP contribution >= 0.6 is 0 Å². The van der Waals surface area contributed by atoms with Crippen molar-refractivity contribution in [2.45, 2.75) is 37.8 Å². The van der Waals surface area contributed by atoms with Gasteiger partial charge < -0.3 is 16.2 Å². The van der Waals surface area contributed by atoms with Crippen LogP contribution in [0.5, 0.6) is 0 Å². The zero-order chi connectivity index (χ0) is 14.5. The van der Waals surface area contributed by atoms with Crippen LogP contribution in [0.15, 0.2) is 18.2 Å². The van der Waals surface area contributed by atoms with Crippen molar-refractivity contribution in [3.63, 3.8) is 0 Å². The molecule has 1 aromatic carbocycles. The molecule has 0 heterocycles. The molecule has 5 heteroatoms. The fourth-order valence-electron chi connectivity index (χ4n) is 2.98. The molecule has 0 spiro atoms. The van der Waals surface area contributed by atoms with E-state index in [0.29, 0.717) is 0 Å². The molecule has 0 radical (unpaired) electrons. The van der Waals surface area contributed by atoms with Gasteiger partial charge in [-0.25, -0.2) is 8.78 Å². The van der Waals surface area contributed by atoms with Gasteiger partial charge in [0.15, 0.2) is 11.6 Å². The molecule has 112 valence electrons. The number of aliphatic hydroxyl groups excluding tert-OH is 1. The van der Waals surface area contributed by atoms with Crippen LogP contribution < -0.4 is 11.1 Å². The Balaban J connectivity index is 2.13. The lowest BCUT2D eigenvalue weighted by molar-refractivity contribution is 0.146. The van der Waals surface area contributed by atoms with Gasteiger partial charge in [-0.1, -0.05) is 25.0 Å². The second-order valence-corrected chi connectivity index (χ2v) is 5.43. The van der Waals surface area contributed by atoms with Crippen LogP contribution in [0.1, 0.15) is 37.3 Å². The maximum Gasteiger partial charge on any atom is 0.163 e. The van der Waals surface area contributed by atoms with Crippen LogP contribution in [-0.4, -0.2) is 24.3 Å². The summed E-state index contributed by atoms with van der Waals surface area (Å²) >= 11 is 0. The van der Waals surface area contributed by atoms with Gasteiger partial charge in [-0.2, -0.15) is 0 Å². The maximum absolute atomic E-state index is 13.9. The van der Waals surface area contributed by atoms with Gasteiger partial charge >= 0.3 is 0 Å². The highest BCUT2D eigenvalue weighted by molar-refractivity contribution is 5.23. The summed E-state index contributed by atoms with van der Waals surface area (Å²) in [5, 5.41) is 12.7. The monoisotopic (exact) mass is 284 g/mol. The van der Waals surface area contributed by atoms with Crippen LogP contribution in [0, 0.1) is 17.6 Å². The van der Waals surface area contributed by atoms with Crippen molar-refractivity contribution >= 4 is 0 Å². The molecule has 0 aliphatic heterocycles. The molecule has 0 bridgehead atoms. The highest BCUT2D eigenvalue weighted by Crippen LogP contribution is 2.27. The molecule has 3 nitrogen and oxygen atoms in total. The number of hydrogen-bond acceptors (Lipinski definition) is 3. The summed E-state index contributed by atoms with van der Waals surface area (Å²) in [5.74, 6) is -1.54. The Kier molecular flexibility index (Phi) is 5.46. The van der Waals surface area contributed by atoms with Crippen molar-refractivity contribution in [1.29, 1.82) is 0 Å². The second-order valence-electron chi connectivity index (χ2n) is 5.43. The van der Waals surface area contributed by atoms with Crippen molar-refractivity contribution < 1.29 is 13.9 Å². The third-order valence-electron chi connectivity index (χ3n) is 4.15. The average Bonchev–Trinajstić information content (AvgIpc) is 2.48. The first-order chi connectivity index (χ1) is 9.67. The Bertz CT molecular complexity index is 442. The van der Waals surface area contributed by atoms with Crippen molar-refractivity contribution in [3.05, 3.63) is 35.4 Å². The molecule has 1 aliphatic rings. The third kappa shape index (κ3) is 3.34. The van der Waals surface area contributed by atoms with E-state index in [1.54, 1.807) is 6.07 Å². The van der Waals surface area contributed by atoms with Gasteiger partial charge in [0, 0.05) is 30.8 Å². The number of benzene rings is 1. The Labute approximate surface area is 118 Å². The van der Waals surface area contributed by atoms with Crippen LogP contribution in [0.25, 0.3) is 0 Å². The van der Waals surface area contributed by atoms with Crippen LogP contribution in [0.4, 0.5) is 8.78 Å². The highest BCUT2D eigenvalue weighted by Gasteiger charge is 2.27. The van der Waals surface area contributed by atoms with Crippen LogP contribution in [0.2, 0.25) is 0 Å². The minimum Gasteiger partial charge on any atom is -0.396 e. The second kappa shape index (κ2) is 7.11. The normalized spacial score (nSPS) is 24.6. The van der Waals surface area contributed by atoms with E-state index in [2.05, 4.69) is 5.32 Å². The number of nitrogens with two attached hydrogens (primary N) is 1. The van der Waals surface area contributed by atoms with E-state index < -0.39 is 17.7 Å². The van der Waals surface area contributed by atoms with Gasteiger partial charge in [0.1, 0.15) is 0 Å². The first kappa shape index (κ1) is 15.4. The van der Waals surface area contributed by atoms with Crippen LogP contribution in [0.3, 0.4) is 0 Å². The largest absolute Gasteiger partial charge is 0.396 e. The first-order valence-electron chi connectivity index (χ1n) is 7.18. The summed E-state index contributed by atoms with van der Waals surface area (Å²) < 4.78 is 27.2. The average molecular weight is 284 g/mol. The van der Waals surface area contributed by atoms with Gasteiger partial charge in [-0.05, 0) is 24.8 Å². The molecule has 1 aliphatic carbocycles. The standard InChI is InChI=1S/C15H22F2N2O/c16-12-6-3-5-11(15(12)17)14(8-18)19-13-7-2-1-4-10(13)9-20/h3,5-6,10,13-14,19-20H,1-2,4,7-9,18H2. The number of rotatable bonds is 5. The smallest absolute Gasteiger partial charge is 0.163 e. The van der Waals surface area contributed by atoms with Gasteiger partial charge in [-0.15, -0.1) is 0 Å². The van der Waals surface area contributed by atoms with E-state index in [0.717, 1.165) is 31.7 Å². The maximum atomic E-state index is 13.9. The molecule has 1 fully saturated rings. The van der Waals surface area contributed by atoms with Gasteiger partial charge in [0.2, 0.25) is 0 Å². The Hall–Kier alpha value is -1.04. The SMILES string of the molecule is NCC(NC1CCCCC1CO)c1cccc(F)c1F. The van der Waals surface area contributed by atoms with E-state index in [1.807, 2.05) is 0 Å². The molecule has 3 unspecified atom stereocenters. The molecular weight excluding hydrogens is 262 g/mol. The third-order valence-corrected chi connectivity index (χ3v) is 4.15. The lowest BCUT2D eigenvalue weighted by atomic mass is 9.84. The molecule has 3 atom stereocenters. The van der Waals surface area contributed by atoms with Gasteiger partial charge in [0.05, 0.1) is 0 Å². The fraction of sp³-hybridized carbons (Fsp3) is 0.600. The van der Waals surface area contributed by atoms with Crippen molar-refractivity contribution in [3.8, 4) is 0 Å². The van der Waals surface area contributed by atoms with Crippen molar-refractivity contribution in [1.82, 2.24) is 5.32 Å². The predicted molar refractivity (Wildman–Crippen MR) is 74.1 cm³/mol. The summed E-state index contributed by atoms with van der Waals surface area (Å²) in [6.07, 6.45) is 4.07. The summed E-state index contributed by atoms with van der Waals surface area (Å²) in [7, 11) is 0. The molecule has 4 N–H and O–H groups in total. The molecule has 0 saturated heterocycles. The van der Waals surface area contributed by atoms with E-state index in [-0.39, 0.29) is 30.7 Å². The van der Waals surface area contributed by atoms with Crippen LogP contribution in [-0.2, 0) is 0 Å². The number of aliphatic hydroxyl groups is 1. The van der Waals surface area contributed by atoms with Gasteiger partial charge in [0.25, 0.3) is 0 Å². The van der Waals surface area contributed by atoms with E-state index in [9.17, 15) is 13.9 Å². The molecule has 1 saturated carbocycles. The minimum atomic E-state index is -0.856. The summed E-state index contributed by atoms with van der Waals surface area (Å²) in [6, 6.07) is 3.82. The van der Waals surface area contributed by atoms with Crippen molar-refractivity contribution in [2.24, 2.45) is 11.7 Å². The molecule has 20 heavy (non-hydrogen) atoms. The zero-order valence-electron chi connectivity index (χ0n) is 11.5. The lowest BCUT2D eigenvalue weighted by Gasteiger charge is -2.34. The van der Waals surface area contributed by atoms with E-state index >= 15 is 0 Å². The molecule has 0 aromatic heterocycles. The Morgan fingerprint density at radius 3 is 2.75 bits per heavy atom. The van der Waals surface area contributed by atoms with E-state index in [1.165, 1.54) is 6.07 Å². The van der Waals surface area contributed by atoms with Crippen molar-refractivity contribution in [2.75, 3.05) is 13.2 Å². The lowest BCUT2D eigenvalue weighted by Crippen LogP contribution is -2.44. The summed E-state index contributed by atoms with van der Waals surface area (Å²) in [6.45, 7) is 0.301. The zero-order valence-corrected chi connectivity index (χ0v) is 11.5. The quantitative estimate of drug-likeness (QED) is 0.776. The topological polar surface area (TPSA) is 58.3 Å². The number of nitrogens with one attached hydrogen (secondary N) is 1. The van der Waals surface area contributed by atoms with Gasteiger partial charge in [-0.3, -0.25) is 0 Å². The first-order valence-corrected chi connectivity index (χ1v) is 7.18. The number of hydrogen-bond donors (Lipinski definition) is 3. The molecule has 2 rings (SSSR count). The summed E-state index contributed by atoms with van der Waals surface area (Å²) in [5.41, 5.74) is 5.97. The molecule has 1 aromatic rings. The number of halogens is 2. The molecular formula is C15H22F2N2O. The highest BCUT2D eigenvalue weighted by atomic mass is 19.2.